The topological polar surface area (TPSA) is 99.8 Å². The van der Waals surface area contributed by atoms with E-state index >= 15 is 0 Å². The minimum atomic E-state index is -0.557. The molecule has 0 radical (unpaired) electrons. The van der Waals surface area contributed by atoms with Crippen LogP contribution >= 0.6 is 0 Å². The number of halogens is 1. The molecule has 1 aliphatic carbocycles. The Kier molecular flexibility index (Phi) is 9.29. The zero-order valence-electron chi connectivity index (χ0n) is 27.4. The van der Waals surface area contributed by atoms with Gasteiger partial charge in [-0.15, -0.1) is 10.2 Å². The van der Waals surface area contributed by atoms with Crippen molar-refractivity contribution >= 4 is 16.8 Å². The van der Waals surface area contributed by atoms with Crippen molar-refractivity contribution in [1.29, 1.82) is 0 Å². The molecule has 0 unspecified atom stereocenters. The predicted molar refractivity (Wildman–Crippen MR) is 184 cm³/mol. The Labute approximate surface area is 274 Å². The second kappa shape index (κ2) is 13.7. The molecule has 8 heteroatoms. The molecule has 6 aromatic rings. The molecule has 3 heterocycles. The summed E-state index contributed by atoms with van der Waals surface area (Å²) >= 11 is 0. The van der Waals surface area contributed by atoms with E-state index in [1.807, 2.05) is 42.1 Å². The highest BCUT2D eigenvalue weighted by Crippen LogP contribution is 2.40. The smallest absolute Gasteiger partial charge is 0.251 e. The fourth-order valence-electron chi connectivity index (χ4n) is 6.45. The lowest BCUT2D eigenvalue weighted by Crippen LogP contribution is -2.20. The van der Waals surface area contributed by atoms with Crippen LogP contribution in [0.1, 0.15) is 64.6 Å². The number of aromatic nitrogens is 4. The molecule has 0 saturated carbocycles. The number of hydrogen-bond acceptors (Lipinski definition) is 5. The van der Waals surface area contributed by atoms with Crippen LogP contribution in [0.4, 0.5) is 4.39 Å². The Morgan fingerprint density at radius 1 is 0.936 bits per heavy atom. The zero-order chi connectivity index (χ0) is 33.1. The van der Waals surface area contributed by atoms with Crippen LogP contribution in [0.15, 0.2) is 83.4 Å². The molecular weight excluding hydrogens is 589 g/mol. The first-order valence-corrected chi connectivity index (χ1v) is 16.2. The largest absolute Gasteiger partial charge is 0.421 e. The molecule has 0 spiro atoms. The molecule has 0 saturated heterocycles. The van der Waals surface area contributed by atoms with Crippen molar-refractivity contribution in [3.8, 4) is 22.6 Å². The third-order valence-electron chi connectivity index (χ3n) is 8.68. The zero-order valence-corrected chi connectivity index (χ0v) is 27.4. The highest BCUT2D eigenvalue weighted by Gasteiger charge is 2.28. The van der Waals surface area contributed by atoms with Gasteiger partial charge < -0.3 is 14.7 Å². The SMILES string of the molecule is Cc1nnc(-c2c(CCc3ccc(F)cc3)nc(CC(C)C)c(C(N)=O)c2-c2ccc3c(ccn3C)c2)o1.c1ccc2c(c1)CCC2. The van der Waals surface area contributed by atoms with E-state index in [4.69, 9.17) is 15.1 Å². The molecule has 0 atom stereocenters. The van der Waals surface area contributed by atoms with Crippen molar-refractivity contribution in [2.24, 2.45) is 18.7 Å². The molecule has 7 nitrogen and oxygen atoms in total. The normalized spacial score (nSPS) is 12.3. The van der Waals surface area contributed by atoms with Crippen LogP contribution in [-0.2, 0) is 39.2 Å². The van der Waals surface area contributed by atoms with Crippen LogP contribution in [0.5, 0.6) is 0 Å². The number of pyridine rings is 1. The number of fused-ring (bicyclic) bond motifs is 2. The van der Waals surface area contributed by atoms with E-state index in [-0.39, 0.29) is 17.6 Å². The van der Waals surface area contributed by atoms with E-state index in [0.717, 1.165) is 27.7 Å². The van der Waals surface area contributed by atoms with Crippen molar-refractivity contribution in [3.05, 3.63) is 124 Å². The number of amides is 1. The molecule has 47 heavy (non-hydrogen) atoms. The predicted octanol–water partition coefficient (Wildman–Crippen LogP) is 8.00. The van der Waals surface area contributed by atoms with E-state index in [0.29, 0.717) is 47.5 Å². The number of aryl methyl sites for hydroxylation is 6. The van der Waals surface area contributed by atoms with Gasteiger partial charge in [0.15, 0.2) is 0 Å². The summed E-state index contributed by atoms with van der Waals surface area (Å²) in [6.07, 6.45) is 7.67. The quantitative estimate of drug-likeness (QED) is 0.184. The fourth-order valence-corrected chi connectivity index (χ4v) is 6.45. The van der Waals surface area contributed by atoms with Gasteiger partial charge in [-0.05, 0) is 97.0 Å². The molecule has 0 bridgehead atoms. The summed E-state index contributed by atoms with van der Waals surface area (Å²) in [5.41, 5.74) is 15.0. The van der Waals surface area contributed by atoms with Gasteiger partial charge in [-0.2, -0.15) is 0 Å². The standard InChI is InChI=1S/C30H30FN5O2.C9H10/c1-17(2)15-24-27(29(32)37)26(21-8-12-25-20(16-21)13-14-36(25)4)28(30-35-34-18(3)38-30)23(33-24)11-7-19-5-9-22(31)10-6-19;1-2-5-9-7-3-6-8(9)4-1/h5-6,8-10,12-14,16-17H,7,11,15H2,1-4H3,(H2,32,37);1-2,4-5H,3,6-7H2. The van der Waals surface area contributed by atoms with E-state index in [1.165, 1.54) is 31.4 Å². The molecule has 1 amide bonds. The molecule has 7 rings (SSSR count). The number of benzene rings is 3. The van der Waals surface area contributed by atoms with Crippen molar-refractivity contribution < 1.29 is 13.6 Å². The van der Waals surface area contributed by atoms with Crippen molar-refractivity contribution in [2.45, 2.75) is 59.3 Å². The van der Waals surface area contributed by atoms with Gasteiger partial charge >= 0.3 is 0 Å². The maximum absolute atomic E-state index is 13.5. The van der Waals surface area contributed by atoms with E-state index in [9.17, 15) is 9.18 Å². The second-order valence-electron chi connectivity index (χ2n) is 12.7. The average Bonchev–Trinajstić information content (AvgIpc) is 3.80. The number of nitrogens with zero attached hydrogens (tertiary/aromatic N) is 4. The van der Waals surface area contributed by atoms with Gasteiger partial charge in [0.1, 0.15) is 5.82 Å². The Hall–Kier alpha value is -5.11. The first-order chi connectivity index (χ1) is 22.7. The second-order valence-corrected chi connectivity index (χ2v) is 12.7. The third-order valence-corrected chi connectivity index (χ3v) is 8.68. The maximum atomic E-state index is 13.5. The fraction of sp³-hybridized carbons (Fsp3) is 0.282. The summed E-state index contributed by atoms with van der Waals surface area (Å²) in [5.74, 6) is 0.0922. The van der Waals surface area contributed by atoms with Crippen LogP contribution in [0.25, 0.3) is 33.5 Å². The molecule has 1 aliphatic rings. The molecule has 2 N–H and O–H groups in total. The van der Waals surface area contributed by atoms with Crippen LogP contribution in [-0.4, -0.2) is 25.7 Å². The van der Waals surface area contributed by atoms with Gasteiger partial charge in [0.2, 0.25) is 11.8 Å². The number of primary amides is 1. The van der Waals surface area contributed by atoms with Crippen LogP contribution in [0.2, 0.25) is 0 Å². The van der Waals surface area contributed by atoms with Gasteiger partial charge in [0, 0.05) is 36.6 Å². The van der Waals surface area contributed by atoms with Gasteiger partial charge in [0.25, 0.3) is 5.91 Å². The molecular formula is C39H40FN5O2. The molecule has 3 aromatic carbocycles. The molecule has 0 aliphatic heterocycles. The first kappa shape index (κ1) is 31.9. The number of rotatable bonds is 8. The highest BCUT2D eigenvalue weighted by atomic mass is 19.1. The van der Waals surface area contributed by atoms with E-state index < -0.39 is 5.91 Å². The average molecular weight is 630 g/mol. The van der Waals surface area contributed by atoms with Crippen LogP contribution < -0.4 is 5.73 Å². The summed E-state index contributed by atoms with van der Waals surface area (Å²) < 4.78 is 21.5. The van der Waals surface area contributed by atoms with Gasteiger partial charge in [-0.3, -0.25) is 9.78 Å². The molecule has 0 fully saturated rings. The van der Waals surface area contributed by atoms with Crippen molar-refractivity contribution in [1.82, 2.24) is 19.7 Å². The highest BCUT2D eigenvalue weighted by molar-refractivity contribution is 6.05. The van der Waals surface area contributed by atoms with Gasteiger partial charge in [0.05, 0.1) is 22.5 Å². The lowest BCUT2D eigenvalue weighted by molar-refractivity contribution is 0.0999. The Balaban J connectivity index is 0.000000366. The number of carbonyl (C=O) groups excluding carboxylic acids is 1. The summed E-state index contributed by atoms with van der Waals surface area (Å²) in [6, 6.07) is 23.3. The lowest BCUT2D eigenvalue weighted by atomic mass is 9.88. The minimum absolute atomic E-state index is 0.242. The lowest BCUT2D eigenvalue weighted by Gasteiger charge is -2.20. The minimum Gasteiger partial charge on any atom is -0.421 e. The third kappa shape index (κ3) is 7.02. The summed E-state index contributed by atoms with van der Waals surface area (Å²) in [7, 11) is 1.99. The maximum Gasteiger partial charge on any atom is 0.251 e. The van der Waals surface area contributed by atoms with Gasteiger partial charge in [-0.25, -0.2) is 4.39 Å². The summed E-state index contributed by atoms with van der Waals surface area (Å²) in [5, 5.41) is 9.42. The van der Waals surface area contributed by atoms with Crippen molar-refractivity contribution in [2.75, 3.05) is 0 Å². The summed E-state index contributed by atoms with van der Waals surface area (Å²) in [6.45, 7) is 5.88. The van der Waals surface area contributed by atoms with E-state index in [1.54, 1.807) is 30.2 Å². The van der Waals surface area contributed by atoms with Crippen LogP contribution in [0, 0.1) is 18.7 Å². The Bertz CT molecular complexity index is 2020. The Morgan fingerprint density at radius 2 is 1.66 bits per heavy atom. The van der Waals surface area contributed by atoms with Crippen molar-refractivity contribution in [3.63, 3.8) is 0 Å². The van der Waals surface area contributed by atoms with E-state index in [2.05, 4.69) is 48.3 Å². The number of carbonyl (C=O) groups is 1. The monoisotopic (exact) mass is 629 g/mol. The number of nitrogens with two attached hydrogens (primary N) is 1. The molecule has 3 aromatic heterocycles. The van der Waals surface area contributed by atoms with Crippen LogP contribution in [0.3, 0.4) is 0 Å². The Morgan fingerprint density at radius 3 is 2.30 bits per heavy atom. The first-order valence-electron chi connectivity index (χ1n) is 16.2. The molecule has 240 valence electrons. The number of hydrogen-bond donors (Lipinski definition) is 1. The van der Waals surface area contributed by atoms with Gasteiger partial charge in [-0.1, -0.05) is 56.3 Å². The summed E-state index contributed by atoms with van der Waals surface area (Å²) in [4.78, 5) is 18.1.